The van der Waals surface area contributed by atoms with Crippen LogP contribution in [0.1, 0.15) is 25.0 Å². The third kappa shape index (κ3) is 3.47. The van der Waals surface area contributed by atoms with E-state index in [4.69, 9.17) is 23.2 Å². The van der Waals surface area contributed by atoms with Crippen LogP contribution < -0.4 is 4.90 Å². The summed E-state index contributed by atoms with van der Waals surface area (Å²) in [6.45, 7) is 5.17. The van der Waals surface area contributed by atoms with Gasteiger partial charge in [-0.1, -0.05) is 54.1 Å². The number of rotatable bonds is 5. The van der Waals surface area contributed by atoms with Crippen molar-refractivity contribution in [1.82, 2.24) is 0 Å². The monoisotopic (exact) mass is 307 g/mol. The first-order chi connectivity index (χ1) is 9.63. The van der Waals surface area contributed by atoms with E-state index in [0.29, 0.717) is 11.9 Å². The Hall–Kier alpha value is -1.18. The molecule has 0 unspecified atom stereocenters. The standard InChI is InChI=1S/C17H19Cl2N/c1-13(2)20(12-14-7-4-3-5-8-14)17-15(11-18)9-6-10-16(17)19/h3-10,13H,11-12H2,1-2H3. The molecule has 20 heavy (non-hydrogen) atoms. The van der Waals surface area contributed by atoms with Crippen LogP contribution in [0.15, 0.2) is 48.5 Å². The second kappa shape index (κ2) is 7.01. The summed E-state index contributed by atoms with van der Waals surface area (Å²) in [5, 5.41) is 0.757. The van der Waals surface area contributed by atoms with Crippen molar-refractivity contribution >= 4 is 28.9 Å². The molecular formula is C17H19Cl2N. The minimum absolute atomic E-state index is 0.345. The van der Waals surface area contributed by atoms with Crippen molar-refractivity contribution in [2.45, 2.75) is 32.3 Å². The molecule has 0 fully saturated rings. The molecule has 0 aromatic heterocycles. The Balaban J connectivity index is 2.39. The summed E-state index contributed by atoms with van der Waals surface area (Å²) in [5.41, 5.74) is 3.38. The van der Waals surface area contributed by atoms with E-state index in [-0.39, 0.29) is 0 Å². The molecular weight excluding hydrogens is 289 g/mol. The van der Waals surface area contributed by atoms with Gasteiger partial charge in [0.2, 0.25) is 0 Å². The Morgan fingerprint density at radius 1 is 1.00 bits per heavy atom. The van der Waals surface area contributed by atoms with Crippen molar-refractivity contribution in [3.8, 4) is 0 Å². The van der Waals surface area contributed by atoms with Crippen LogP contribution >= 0.6 is 23.2 Å². The zero-order valence-electron chi connectivity index (χ0n) is 11.8. The molecule has 0 N–H and O–H groups in total. The number of benzene rings is 2. The first-order valence-corrected chi connectivity index (χ1v) is 7.68. The van der Waals surface area contributed by atoms with Crippen molar-refractivity contribution < 1.29 is 0 Å². The van der Waals surface area contributed by atoms with E-state index < -0.39 is 0 Å². The van der Waals surface area contributed by atoms with Crippen molar-refractivity contribution in [3.63, 3.8) is 0 Å². The quantitative estimate of drug-likeness (QED) is 0.660. The summed E-state index contributed by atoms with van der Waals surface area (Å²) in [7, 11) is 0. The van der Waals surface area contributed by atoms with Gasteiger partial charge in [-0.25, -0.2) is 0 Å². The molecule has 2 rings (SSSR count). The van der Waals surface area contributed by atoms with Gasteiger partial charge in [0.25, 0.3) is 0 Å². The van der Waals surface area contributed by atoms with Crippen molar-refractivity contribution in [2.24, 2.45) is 0 Å². The fourth-order valence-electron chi connectivity index (χ4n) is 2.29. The van der Waals surface area contributed by atoms with E-state index in [0.717, 1.165) is 22.8 Å². The lowest BCUT2D eigenvalue weighted by molar-refractivity contribution is 0.680. The van der Waals surface area contributed by atoms with Crippen molar-refractivity contribution in [3.05, 3.63) is 64.7 Å². The molecule has 0 heterocycles. The molecule has 3 heteroatoms. The molecule has 0 atom stereocenters. The molecule has 2 aromatic rings. The largest absolute Gasteiger partial charge is 0.363 e. The average molecular weight is 308 g/mol. The highest BCUT2D eigenvalue weighted by molar-refractivity contribution is 6.33. The first-order valence-electron chi connectivity index (χ1n) is 6.77. The van der Waals surface area contributed by atoms with E-state index in [2.05, 4.69) is 43.0 Å². The smallest absolute Gasteiger partial charge is 0.0643 e. The number of para-hydroxylation sites is 1. The SMILES string of the molecule is CC(C)N(Cc1ccccc1)c1c(Cl)cccc1CCl. The zero-order chi connectivity index (χ0) is 14.5. The first kappa shape index (κ1) is 15.2. The van der Waals surface area contributed by atoms with Crippen LogP contribution in [0.25, 0.3) is 0 Å². The van der Waals surface area contributed by atoms with Crippen LogP contribution in [-0.4, -0.2) is 6.04 Å². The van der Waals surface area contributed by atoms with Gasteiger partial charge in [0.1, 0.15) is 0 Å². The lowest BCUT2D eigenvalue weighted by atomic mass is 10.1. The van der Waals surface area contributed by atoms with Gasteiger partial charge in [0.05, 0.1) is 10.7 Å². The van der Waals surface area contributed by atoms with E-state index in [9.17, 15) is 0 Å². The van der Waals surface area contributed by atoms with E-state index in [1.807, 2.05) is 24.3 Å². The number of nitrogens with zero attached hydrogens (tertiary/aromatic N) is 1. The average Bonchev–Trinajstić information content (AvgIpc) is 2.46. The third-order valence-corrected chi connectivity index (χ3v) is 3.91. The molecule has 0 saturated carbocycles. The van der Waals surface area contributed by atoms with Crippen LogP contribution in [0, 0.1) is 0 Å². The van der Waals surface area contributed by atoms with E-state index >= 15 is 0 Å². The Morgan fingerprint density at radius 3 is 2.30 bits per heavy atom. The number of hydrogen-bond acceptors (Lipinski definition) is 1. The second-order valence-corrected chi connectivity index (χ2v) is 5.76. The molecule has 1 nitrogen and oxygen atoms in total. The third-order valence-electron chi connectivity index (χ3n) is 3.32. The van der Waals surface area contributed by atoms with Gasteiger partial charge in [-0.05, 0) is 31.0 Å². The van der Waals surface area contributed by atoms with Crippen LogP contribution in [0.2, 0.25) is 5.02 Å². The van der Waals surface area contributed by atoms with Crippen molar-refractivity contribution in [2.75, 3.05) is 4.90 Å². The number of hydrogen-bond donors (Lipinski definition) is 0. The van der Waals surface area contributed by atoms with Crippen LogP contribution in [0.4, 0.5) is 5.69 Å². The maximum atomic E-state index is 6.41. The maximum absolute atomic E-state index is 6.41. The maximum Gasteiger partial charge on any atom is 0.0643 e. The number of alkyl halides is 1. The summed E-state index contributed by atoms with van der Waals surface area (Å²) in [6.07, 6.45) is 0. The molecule has 0 amide bonds. The minimum Gasteiger partial charge on any atom is -0.363 e. The summed E-state index contributed by atoms with van der Waals surface area (Å²) in [6, 6.07) is 16.7. The molecule has 0 saturated heterocycles. The van der Waals surface area contributed by atoms with Gasteiger partial charge in [-0.15, -0.1) is 11.6 Å². The number of halogens is 2. The fourth-order valence-corrected chi connectivity index (χ4v) is 2.81. The Morgan fingerprint density at radius 2 is 1.70 bits per heavy atom. The normalized spacial score (nSPS) is 10.8. The predicted molar refractivity (Wildman–Crippen MR) is 88.8 cm³/mol. The summed E-state index contributed by atoms with van der Waals surface area (Å²) >= 11 is 12.5. The number of anilines is 1. The molecule has 0 aliphatic rings. The summed E-state index contributed by atoms with van der Waals surface area (Å²) in [5.74, 6) is 0.466. The molecule has 106 valence electrons. The van der Waals surface area contributed by atoms with Gasteiger partial charge in [-0.3, -0.25) is 0 Å². The predicted octanol–water partition coefficient (Wildman–Crippen LogP) is 5.49. The highest BCUT2D eigenvalue weighted by Gasteiger charge is 2.17. The molecule has 0 radical (unpaired) electrons. The van der Waals surface area contributed by atoms with Gasteiger partial charge >= 0.3 is 0 Å². The van der Waals surface area contributed by atoms with Crippen LogP contribution in [-0.2, 0) is 12.4 Å². The van der Waals surface area contributed by atoms with Crippen molar-refractivity contribution in [1.29, 1.82) is 0 Å². The highest BCUT2D eigenvalue weighted by Crippen LogP contribution is 2.33. The molecule has 2 aromatic carbocycles. The highest BCUT2D eigenvalue weighted by atomic mass is 35.5. The minimum atomic E-state index is 0.345. The van der Waals surface area contributed by atoms with Gasteiger partial charge in [0.15, 0.2) is 0 Å². The Labute approximate surface area is 131 Å². The van der Waals surface area contributed by atoms with E-state index in [1.54, 1.807) is 0 Å². The summed E-state index contributed by atoms with van der Waals surface area (Å²) in [4.78, 5) is 2.30. The molecule has 0 aliphatic heterocycles. The topological polar surface area (TPSA) is 3.24 Å². The van der Waals surface area contributed by atoms with Gasteiger partial charge in [0, 0.05) is 18.5 Å². The second-order valence-electron chi connectivity index (χ2n) is 5.09. The Bertz CT molecular complexity index is 552. The molecule has 0 aliphatic carbocycles. The van der Waals surface area contributed by atoms with Gasteiger partial charge in [-0.2, -0.15) is 0 Å². The Kier molecular flexibility index (Phi) is 5.33. The fraction of sp³-hybridized carbons (Fsp3) is 0.294. The van der Waals surface area contributed by atoms with Crippen LogP contribution in [0.3, 0.4) is 0 Å². The summed E-state index contributed by atoms with van der Waals surface area (Å²) < 4.78 is 0. The lowest BCUT2D eigenvalue weighted by Crippen LogP contribution is -2.31. The molecule has 0 spiro atoms. The molecule has 0 bridgehead atoms. The zero-order valence-corrected chi connectivity index (χ0v) is 13.3. The lowest BCUT2D eigenvalue weighted by Gasteiger charge is -2.31. The van der Waals surface area contributed by atoms with Crippen LogP contribution in [0.5, 0.6) is 0 Å². The van der Waals surface area contributed by atoms with E-state index in [1.165, 1.54) is 5.56 Å². The van der Waals surface area contributed by atoms with Gasteiger partial charge < -0.3 is 4.90 Å².